The molecule has 0 radical (unpaired) electrons. The van der Waals surface area contributed by atoms with Crippen molar-refractivity contribution in [2.24, 2.45) is 0 Å². The Morgan fingerprint density at radius 2 is 0.439 bits per heavy atom. The Morgan fingerprint density at radius 3 is 0.820 bits per heavy atom. The molecular weight excluding hydrogens is 1740 g/mol. The second-order valence-electron chi connectivity index (χ2n) is 35.9. The van der Waals surface area contributed by atoms with E-state index in [1.165, 1.54) is 52.3 Å². The Balaban J connectivity index is 0.607. The molecule has 0 saturated heterocycles. The predicted octanol–water partition coefficient (Wildman–Crippen LogP) is 21.1. The summed E-state index contributed by atoms with van der Waals surface area (Å²) in [5.74, 6) is 4.95. The predicted molar refractivity (Wildman–Crippen MR) is 568 cm³/mol. The first-order valence-corrected chi connectivity index (χ1v) is 50.9. The molecule has 11 aromatic heterocycles. The van der Waals surface area contributed by atoms with Crippen LogP contribution in [0, 0.1) is 0 Å². The van der Waals surface area contributed by atoms with Crippen LogP contribution in [0.3, 0.4) is 0 Å². The van der Waals surface area contributed by atoms with Crippen molar-refractivity contribution in [3.05, 3.63) is 467 Å². The highest BCUT2D eigenvalue weighted by Gasteiger charge is 2.44. The molecule has 139 heavy (non-hydrogen) atoms. The maximum Gasteiger partial charge on any atom is 0.239 e. The van der Waals surface area contributed by atoms with Crippen LogP contribution in [-0.2, 0) is 0 Å². The van der Waals surface area contributed by atoms with Gasteiger partial charge in [0.25, 0.3) is 0 Å². The zero-order chi connectivity index (χ0) is 91.1. The minimum absolute atomic E-state index is 0.439. The highest BCUT2D eigenvalue weighted by molar-refractivity contribution is 7.20. The van der Waals surface area contributed by atoms with Gasteiger partial charge in [-0.1, -0.05) is 334 Å². The molecule has 0 aliphatic rings. The smallest absolute Gasteiger partial charge is 0.239 e. The Hall–Kier alpha value is -18.6. The summed E-state index contributed by atoms with van der Waals surface area (Å²) in [7, 11) is -6.34. The SMILES string of the molecule is c1ccc([Si](c2ccccc2)(c2ccccc2)c2cccc(-c3cc(-n4c5ccccc5n5c6cc(-c7ccc8nc9n(-c%10nc(-c%11cccc([Si](c%12ccccc%12)(c%12ccccc%12)c%12cccc(-n%13c%14ccccc%14c%14ccccc%14%13)c%12)c%11)cc(-n%11c%12ccccc%12n%12c%13ccccc%13nc%11%12)n%10)c%10ccccc%10n9c8c7)ccc6nc45)nc(-n4c5ccccc5n5c6ccccc6nc45)n3)c2)cc1. The molecule has 0 fully saturated rings. The van der Waals surface area contributed by atoms with Gasteiger partial charge in [-0.05, 0) is 174 Å². The van der Waals surface area contributed by atoms with E-state index in [4.69, 9.17) is 39.9 Å². The molecule has 0 spiro atoms. The van der Waals surface area contributed by atoms with E-state index in [0.29, 0.717) is 40.9 Å². The molecule has 0 unspecified atom stereocenters. The highest BCUT2D eigenvalue weighted by atomic mass is 28.3. The van der Waals surface area contributed by atoms with Crippen LogP contribution in [-0.4, -0.2) is 96.5 Å². The topological polar surface area (TPSA) is 145 Å². The Bertz CT molecular complexity index is 9870. The summed E-state index contributed by atoms with van der Waals surface area (Å²) in [6, 6.07) is 169. The quantitative estimate of drug-likeness (QED) is 0.0687. The van der Waals surface area contributed by atoms with Crippen molar-refractivity contribution in [1.82, 2.24) is 80.3 Å². The van der Waals surface area contributed by atoms with Crippen molar-refractivity contribution in [2.45, 2.75) is 0 Å². The number of fused-ring (bicyclic) bond motifs is 23. The molecule has 19 heteroatoms. The summed E-state index contributed by atoms with van der Waals surface area (Å²) in [6.07, 6.45) is 0. The van der Waals surface area contributed by atoms with E-state index in [2.05, 4.69) is 501 Å². The van der Waals surface area contributed by atoms with Crippen molar-refractivity contribution in [3.8, 4) is 62.9 Å². The molecule has 0 amide bonds. The third-order valence-corrected chi connectivity index (χ3v) is 38.1. The zero-order valence-electron chi connectivity index (χ0n) is 74.6. The number of hydrogen-bond acceptors (Lipinski definition) is 8. The monoisotopic (exact) mass is 1810 g/mol. The van der Waals surface area contributed by atoms with Gasteiger partial charge in [0, 0.05) is 39.7 Å². The normalized spacial score (nSPS) is 12.3. The van der Waals surface area contributed by atoms with Gasteiger partial charge in [-0.2, -0.15) is 9.97 Å². The van der Waals surface area contributed by atoms with E-state index in [-0.39, 0.29) is 0 Å². The average molecular weight is 1810 g/mol. The minimum Gasteiger partial charge on any atom is -0.309 e. The number of imidazole rings is 8. The maximum atomic E-state index is 5.89. The second-order valence-corrected chi connectivity index (χ2v) is 43.5. The fourth-order valence-electron chi connectivity index (χ4n) is 22.6. The van der Waals surface area contributed by atoms with Crippen molar-refractivity contribution in [2.75, 3.05) is 0 Å². The highest BCUT2D eigenvalue weighted by Crippen LogP contribution is 2.41. The average Bonchev–Trinajstić information content (AvgIpc) is 1.48. The molecule has 17 nitrogen and oxygen atoms in total. The Labute approximate surface area is 795 Å². The van der Waals surface area contributed by atoms with Crippen LogP contribution < -0.4 is 41.5 Å². The fraction of sp³-hybridized carbons (Fsp3) is 0. The molecule has 0 aliphatic heterocycles. The van der Waals surface area contributed by atoms with E-state index in [0.717, 1.165) is 144 Å². The molecular formula is C120H77N17Si2. The summed E-state index contributed by atoms with van der Waals surface area (Å²) in [5.41, 5.74) is 23.5. The van der Waals surface area contributed by atoms with Gasteiger partial charge in [0.1, 0.15) is 11.6 Å². The van der Waals surface area contributed by atoms with E-state index in [1.54, 1.807) is 0 Å². The first-order chi connectivity index (χ1) is 68.9. The molecule has 0 atom stereocenters. The molecule has 650 valence electrons. The van der Waals surface area contributed by atoms with Gasteiger partial charge in [0.2, 0.25) is 35.0 Å². The van der Waals surface area contributed by atoms with E-state index < -0.39 is 16.1 Å². The van der Waals surface area contributed by atoms with Crippen LogP contribution in [0.4, 0.5) is 0 Å². The number of benzene rings is 18. The Kier molecular flexibility index (Phi) is 17.1. The third-order valence-electron chi connectivity index (χ3n) is 28.5. The summed E-state index contributed by atoms with van der Waals surface area (Å²) in [5, 5.41) is 12.4. The van der Waals surface area contributed by atoms with Gasteiger partial charge in [0.05, 0.1) is 111 Å². The molecule has 0 aliphatic carbocycles. The second kappa shape index (κ2) is 30.5. The van der Waals surface area contributed by atoms with Crippen molar-refractivity contribution < 1.29 is 0 Å². The lowest BCUT2D eigenvalue weighted by Gasteiger charge is -2.35. The van der Waals surface area contributed by atoms with Crippen LogP contribution in [0.5, 0.6) is 0 Å². The van der Waals surface area contributed by atoms with Gasteiger partial charge >= 0.3 is 0 Å². The van der Waals surface area contributed by atoms with Crippen LogP contribution in [0.2, 0.25) is 0 Å². The maximum absolute atomic E-state index is 5.89. The van der Waals surface area contributed by atoms with E-state index >= 15 is 0 Å². The van der Waals surface area contributed by atoms with Gasteiger partial charge in [0.15, 0.2) is 16.1 Å². The number of para-hydroxylation sites is 14. The van der Waals surface area contributed by atoms with Crippen molar-refractivity contribution in [3.63, 3.8) is 0 Å². The fourth-order valence-corrected chi connectivity index (χ4v) is 32.2. The van der Waals surface area contributed by atoms with Crippen LogP contribution >= 0.6 is 0 Å². The summed E-state index contributed by atoms with van der Waals surface area (Å²) in [6.45, 7) is 0. The Morgan fingerprint density at radius 1 is 0.158 bits per heavy atom. The molecule has 18 aromatic carbocycles. The number of hydrogen-bond donors (Lipinski definition) is 0. The van der Waals surface area contributed by atoms with Crippen LogP contribution in [0.25, 0.3) is 196 Å². The lowest BCUT2D eigenvalue weighted by molar-refractivity contribution is 0.929. The zero-order valence-corrected chi connectivity index (χ0v) is 76.6. The number of rotatable bonds is 16. The number of nitrogens with zero attached hydrogens (tertiary/aromatic N) is 17. The summed E-state index contributed by atoms with van der Waals surface area (Å²) >= 11 is 0. The van der Waals surface area contributed by atoms with Gasteiger partial charge in [-0.3, -0.25) is 26.7 Å². The van der Waals surface area contributed by atoms with E-state index in [1.807, 2.05) is 6.07 Å². The minimum atomic E-state index is -3.31. The molecule has 0 bridgehead atoms. The summed E-state index contributed by atoms with van der Waals surface area (Å²) in [4.78, 5) is 45.4. The number of aromatic nitrogens is 17. The molecule has 29 aromatic rings. The van der Waals surface area contributed by atoms with Crippen LogP contribution in [0.1, 0.15) is 0 Å². The first kappa shape index (κ1) is 78.0. The lowest BCUT2D eigenvalue weighted by atomic mass is 10.0. The molecule has 0 saturated carbocycles. The lowest BCUT2D eigenvalue weighted by Crippen LogP contribution is -2.74. The van der Waals surface area contributed by atoms with Gasteiger partial charge < -0.3 is 4.57 Å². The standard InChI is InChI=1S/C120H77N17Si2/c1-6-38-83(39-7-1)138(84-40-8-2-9-41-84,85-42-10-3-11-43-85)88-48-32-35-80(71-88)97-77-114(128-115(121-97)136-109-65-30-26-61-105(109)131-102-58-23-19-54-94(102)124-119(131)136)135-108-64-29-25-60-104(108)132-111-73-78(67-69-95(111)125-118(132)135)79-68-70-96-112(74-79)133-106-62-27-31-66-110(106)137(120(133)126-96)116-122-98(76-113(127-116)134-107-63-28-24-59-103(107)130-101-57-22-18-53-93(101)123-117(130)134)81-36-33-49-89(72-81)139(86-44-12-4-13-45-86,87-46-14-5-15-47-87)90-50-34-37-82(75-90)129-99-55-20-16-51-91(99)92-52-17-21-56-100(92)129/h1-77H. The molecule has 0 N–H and O–H groups in total. The van der Waals surface area contributed by atoms with E-state index in [9.17, 15) is 0 Å². The molecule has 11 heterocycles. The van der Waals surface area contributed by atoms with Crippen molar-refractivity contribution in [1.29, 1.82) is 0 Å². The van der Waals surface area contributed by atoms with Gasteiger partial charge in [-0.15, -0.1) is 0 Å². The third kappa shape index (κ3) is 11.6. The summed E-state index contributed by atoms with van der Waals surface area (Å²) < 4.78 is 20.1. The first-order valence-electron chi connectivity index (χ1n) is 46.9. The van der Waals surface area contributed by atoms with Crippen molar-refractivity contribution >= 4 is 191 Å². The molecule has 29 rings (SSSR count). The van der Waals surface area contributed by atoms with Gasteiger partial charge in [-0.25, -0.2) is 39.0 Å². The largest absolute Gasteiger partial charge is 0.309 e. The van der Waals surface area contributed by atoms with Crippen LogP contribution in [0.15, 0.2) is 467 Å².